The Hall–Kier alpha value is -3.52. The van der Waals surface area contributed by atoms with Crippen molar-refractivity contribution in [1.29, 1.82) is 0 Å². The standard InChI is InChI=1S/C23H23ClN6O2/c1-27-14-19(12-25-27)18-4-7-21-22(13-26-30(21)15-18)28-8-10-29(11-9-28)23(31)32-16-17-2-5-20(24)6-3-17/h2-7,12-15H,8-11,16H2,1H3. The van der Waals surface area contributed by atoms with E-state index in [-0.39, 0.29) is 12.7 Å². The fourth-order valence-corrected chi connectivity index (χ4v) is 4.03. The highest BCUT2D eigenvalue weighted by Crippen LogP contribution is 2.26. The van der Waals surface area contributed by atoms with E-state index in [2.05, 4.69) is 27.2 Å². The third kappa shape index (κ3) is 4.13. The fraction of sp³-hybridized carbons (Fsp3) is 0.261. The van der Waals surface area contributed by atoms with Gasteiger partial charge in [0, 0.05) is 61.8 Å². The first-order valence-corrected chi connectivity index (χ1v) is 10.8. The molecular weight excluding hydrogens is 428 g/mol. The summed E-state index contributed by atoms with van der Waals surface area (Å²) in [4.78, 5) is 16.5. The van der Waals surface area contributed by atoms with Crippen LogP contribution in [-0.2, 0) is 18.4 Å². The van der Waals surface area contributed by atoms with Crippen LogP contribution in [0.5, 0.6) is 0 Å². The van der Waals surface area contributed by atoms with Crippen molar-refractivity contribution in [1.82, 2.24) is 24.3 Å². The van der Waals surface area contributed by atoms with Gasteiger partial charge in [-0.05, 0) is 23.8 Å². The summed E-state index contributed by atoms with van der Waals surface area (Å²) in [6, 6.07) is 11.5. The average molecular weight is 451 g/mol. The van der Waals surface area contributed by atoms with Crippen LogP contribution in [0, 0.1) is 0 Å². The molecule has 0 atom stereocenters. The van der Waals surface area contributed by atoms with E-state index >= 15 is 0 Å². The molecule has 9 heteroatoms. The first kappa shape index (κ1) is 20.4. The Bertz CT molecular complexity index is 1240. The van der Waals surface area contributed by atoms with E-state index < -0.39 is 0 Å². The second kappa shape index (κ2) is 8.55. The van der Waals surface area contributed by atoms with E-state index in [1.807, 2.05) is 48.5 Å². The van der Waals surface area contributed by atoms with Crippen molar-refractivity contribution in [2.24, 2.45) is 7.05 Å². The number of aryl methyl sites for hydroxylation is 1. The van der Waals surface area contributed by atoms with Gasteiger partial charge >= 0.3 is 6.09 Å². The van der Waals surface area contributed by atoms with Crippen LogP contribution < -0.4 is 4.90 Å². The van der Waals surface area contributed by atoms with Crippen LogP contribution in [-0.4, -0.2) is 56.6 Å². The highest BCUT2D eigenvalue weighted by Gasteiger charge is 2.24. The molecule has 5 rings (SSSR count). The zero-order valence-electron chi connectivity index (χ0n) is 17.7. The lowest BCUT2D eigenvalue weighted by molar-refractivity contribution is 0.0942. The summed E-state index contributed by atoms with van der Waals surface area (Å²) in [6.07, 6.45) is 7.44. The van der Waals surface area contributed by atoms with E-state index in [4.69, 9.17) is 16.3 Å². The van der Waals surface area contributed by atoms with Crippen LogP contribution in [0.25, 0.3) is 16.6 Å². The quantitative estimate of drug-likeness (QED) is 0.472. The van der Waals surface area contributed by atoms with Crippen LogP contribution >= 0.6 is 11.6 Å². The summed E-state index contributed by atoms with van der Waals surface area (Å²) in [5.74, 6) is 0. The van der Waals surface area contributed by atoms with E-state index in [0.29, 0.717) is 18.1 Å². The second-order valence-corrected chi connectivity index (χ2v) is 8.27. The number of hydrogen-bond acceptors (Lipinski definition) is 5. The van der Waals surface area contributed by atoms with Crippen LogP contribution in [0.2, 0.25) is 5.02 Å². The molecule has 0 N–H and O–H groups in total. The number of piperazine rings is 1. The van der Waals surface area contributed by atoms with Crippen molar-refractivity contribution in [3.63, 3.8) is 0 Å². The molecule has 0 spiro atoms. The normalized spacial score (nSPS) is 14.2. The number of aromatic nitrogens is 4. The summed E-state index contributed by atoms with van der Waals surface area (Å²) in [5, 5.41) is 9.45. The van der Waals surface area contributed by atoms with Crippen molar-refractivity contribution in [3.05, 3.63) is 71.8 Å². The molecule has 1 aliphatic rings. The van der Waals surface area contributed by atoms with E-state index in [1.165, 1.54) is 0 Å². The molecule has 3 aromatic heterocycles. The number of amides is 1. The van der Waals surface area contributed by atoms with Crippen molar-refractivity contribution in [2.45, 2.75) is 6.61 Å². The Morgan fingerprint density at radius 1 is 0.969 bits per heavy atom. The number of carbonyl (C=O) groups is 1. The molecule has 164 valence electrons. The fourth-order valence-electron chi connectivity index (χ4n) is 3.90. The summed E-state index contributed by atoms with van der Waals surface area (Å²) in [7, 11) is 1.90. The molecule has 0 unspecified atom stereocenters. The van der Waals surface area contributed by atoms with Gasteiger partial charge in [-0.3, -0.25) is 4.68 Å². The largest absolute Gasteiger partial charge is 0.445 e. The maximum atomic E-state index is 12.5. The third-order valence-electron chi connectivity index (χ3n) is 5.69. The molecule has 0 saturated carbocycles. The van der Waals surface area contributed by atoms with E-state index in [0.717, 1.165) is 41.0 Å². The van der Waals surface area contributed by atoms with Gasteiger partial charge in [-0.25, -0.2) is 9.31 Å². The molecule has 1 aromatic carbocycles. The lowest BCUT2D eigenvalue weighted by atomic mass is 10.1. The molecule has 0 bridgehead atoms. The minimum absolute atomic E-state index is 0.240. The average Bonchev–Trinajstić information content (AvgIpc) is 3.44. The maximum absolute atomic E-state index is 12.5. The SMILES string of the molecule is Cn1cc(-c2ccc3c(N4CCN(C(=O)OCc5ccc(Cl)cc5)CC4)cnn3c2)cn1. The van der Waals surface area contributed by atoms with Crippen LogP contribution in [0.1, 0.15) is 5.56 Å². The maximum Gasteiger partial charge on any atom is 0.410 e. The number of benzene rings is 1. The number of hydrogen-bond donors (Lipinski definition) is 0. The summed E-state index contributed by atoms with van der Waals surface area (Å²) >= 11 is 5.90. The lowest BCUT2D eigenvalue weighted by Crippen LogP contribution is -2.48. The van der Waals surface area contributed by atoms with Gasteiger partial charge < -0.3 is 14.5 Å². The molecule has 4 aromatic rings. The minimum Gasteiger partial charge on any atom is -0.445 e. The Balaban J connectivity index is 1.21. The molecule has 1 saturated heterocycles. The van der Waals surface area contributed by atoms with Crippen LogP contribution in [0.3, 0.4) is 0 Å². The van der Waals surface area contributed by atoms with Gasteiger partial charge in [-0.2, -0.15) is 10.2 Å². The third-order valence-corrected chi connectivity index (χ3v) is 5.94. The molecule has 1 amide bonds. The number of rotatable bonds is 4. The molecule has 0 aliphatic carbocycles. The van der Waals surface area contributed by atoms with Crippen molar-refractivity contribution in [2.75, 3.05) is 31.1 Å². The number of pyridine rings is 1. The number of nitrogens with zero attached hydrogens (tertiary/aromatic N) is 6. The highest BCUT2D eigenvalue weighted by molar-refractivity contribution is 6.30. The Morgan fingerprint density at radius 2 is 1.75 bits per heavy atom. The monoisotopic (exact) mass is 450 g/mol. The van der Waals surface area contributed by atoms with Crippen LogP contribution in [0.15, 0.2) is 61.2 Å². The highest BCUT2D eigenvalue weighted by atomic mass is 35.5. The first-order valence-electron chi connectivity index (χ1n) is 10.4. The second-order valence-electron chi connectivity index (χ2n) is 7.84. The molecule has 32 heavy (non-hydrogen) atoms. The molecule has 0 radical (unpaired) electrons. The number of fused-ring (bicyclic) bond motifs is 1. The molecule has 1 fully saturated rings. The van der Waals surface area contributed by atoms with E-state index in [9.17, 15) is 4.79 Å². The topological polar surface area (TPSA) is 67.9 Å². The molecule has 8 nitrogen and oxygen atoms in total. The van der Waals surface area contributed by atoms with Gasteiger partial charge in [0.2, 0.25) is 0 Å². The predicted octanol–water partition coefficient (Wildman–Crippen LogP) is 3.85. The van der Waals surface area contributed by atoms with Gasteiger partial charge in [-0.1, -0.05) is 29.8 Å². The smallest absolute Gasteiger partial charge is 0.410 e. The number of carbonyl (C=O) groups excluding carboxylic acids is 1. The van der Waals surface area contributed by atoms with Gasteiger partial charge in [0.1, 0.15) is 6.61 Å². The van der Waals surface area contributed by atoms with Crippen LogP contribution in [0.4, 0.5) is 10.5 Å². The lowest BCUT2D eigenvalue weighted by Gasteiger charge is -2.34. The van der Waals surface area contributed by atoms with Gasteiger partial charge in [0.15, 0.2) is 0 Å². The van der Waals surface area contributed by atoms with Gasteiger partial charge in [0.25, 0.3) is 0 Å². The van der Waals surface area contributed by atoms with E-state index in [1.54, 1.807) is 21.7 Å². The zero-order valence-corrected chi connectivity index (χ0v) is 18.4. The number of ether oxygens (including phenoxy) is 1. The summed E-state index contributed by atoms with van der Waals surface area (Å²) < 4.78 is 9.14. The molecule has 4 heterocycles. The summed E-state index contributed by atoms with van der Waals surface area (Å²) in [5.41, 5.74) is 5.14. The Kier molecular flexibility index (Phi) is 5.45. The van der Waals surface area contributed by atoms with Gasteiger partial charge in [0.05, 0.1) is 23.6 Å². The zero-order chi connectivity index (χ0) is 22.1. The van der Waals surface area contributed by atoms with Crippen molar-refractivity contribution < 1.29 is 9.53 Å². The molecule has 1 aliphatic heterocycles. The van der Waals surface area contributed by atoms with Crippen molar-refractivity contribution in [3.8, 4) is 11.1 Å². The number of halogens is 1. The van der Waals surface area contributed by atoms with Gasteiger partial charge in [-0.15, -0.1) is 0 Å². The Labute approximate surface area is 190 Å². The molecular formula is C23H23ClN6O2. The summed E-state index contributed by atoms with van der Waals surface area (Å²) in [6.45, 7) is 2.89. The number of anilines is 1. The minimum atomic E-state index is -0.291. The Morgan fingerprint density at radius 3 is 2.47 bits per heavy atom. The first-order chi connectivity index (χ1) is 15.6. The predicted molar refractivity (Wildman–Crippen MR) is 123 cm³/mol. The van der Waals surface area contributed by atoms with Crippen molar-refractivity contribution >= 4 is 28.9 Å².